The minimum absolute atomic E-state index is 0.384. The van der Waals surface area contributed by atoms with Crippen LogP contribution in [0, 0.1) is 0 Å². The topological polar surface area (TPSA) is 52.0 Å². The summed E-state index contributed by atoms with van der Waals surface area (Å²) in [4.78, 5) is 0. The van der Waals surface area contributed by atoms with Crippen molar-refractivity contribution in [3.63, 3.8) is 0 Å². The van der Waals surface area contributed by atoms with Crippen LogP contribution in [0.2, 0.25) is 5.02 Å². The Morgan fingerprint density at radius 1 is 1.40 bits per heavy atom. The van der Waals surface area contributed by atoms with Gasteiger partial charge in [0.1, 0.15) is 18.1 Å². The van der Waals surface area contributed by atoms with Crippen LogP contribution in [0.3, 0.4) is 0 Å². The van der Waals surface area contributed by atoms with Crippen LogP contribution >= 0.6 is 11.6 Å². The Balaban J connectivity index is 2.04. The molecule has 0 fully saturated rings. The van der Waals surface area contributed by atoms with Gasteiger partial charge in [-0.05, 0) is 25.1 Å². The summed E-state index contributed by atoms with van der Waals surface area (Å²) in [6, 6.07) is 5.68. The molecule has 0 spiro atoms. The molecule has 0 bridgehead atoms. The van der Waals surface area contributed by atoms with Gasteiger partial charge in [-0.1, -0.05) is 29.8 Å². The lowest BCUT2D eigenvalue weighted by Gasteiger charge is -2.12. The van der Waals surface area contributed by atoms with E-state index in [4.69, 9.17) is 16.3 Å². The zero-order valence-electron chi connectivity index (χ0n) is 11.8. The van der Waals surface area contributed by atoms with Gasteiger partial charge in [0.15, 0.2) is 0 Å². The Morgan fingerprint density at radius 2 is 2.25 bits per heavy atom. The van der Waals surface area contributed by atoms with Crippen molar-refractivity contribution in [3.8, 4) is 5.75 Å². The van der Waals surface area contributed by atoms with Crippen LogP contribution in [-0.2, 0) is 20.2 Å². The number of nitrogens with zero attached hydrogens (tertiary/aromatic N) is 3. The number of benzene rings is 1. The lowest BCUT2D eigenvalue weighted by atomic mass is 10.2. The van der Waals surface area contributed by atoms with E-state index in [0.29, 0.717) is 18.2 Å². The van der Waals surface area contributed by atoms with E-state index in [1.54, 1.807) is 4.68 Å². The van der Waals surface area contributed by atoms with Gasteiger partial charge in [0.25, 0.3) is 0 Å². The molecule has 0 unspecified atom stereocenters. The molecule has 2 aromatic rings. The highest BCUT2D eigenvalue weighted by Gasteiger charge is 2.09. The summed E-state index contributed by atoms with van der Waals surface area (Å²) < 4.78 is 7.46. The minimum Gasteiger partial charge on any atom is -0.487 e. The lowest BCUT2D eigenvalue weighted by molar-refractivity contribution is 0.297. The molecule has 1 heterocycles. The maximum atomic E-state index is 6.24. The summed E-state index contributed by atoms with van der Waals surface area (Å²) in [6.07, 6.45) is 2.92. The van der Waals surface area contributed by atoms with Crippen LogP contribution in [0.4, 0.5) is 0 Å². The van der Waals surface area contributed by atoms with Gasteiger partial charge in [-0.2, -0.15) is 0 Å². The number of hydrogen-bond acceptors (Lipinski definition) is 4. The Bertz CT molecular complexity index is 556. The van der Waals surface area contributed by atoms with E-state index in [2.05, 4.69) is 22.6 Å². The molecule has 1 N–H and O–H groups in total. The fourth-order valence-corrected chi connectivity index (χ4v) is 2.08. The van der Waals surface area contributed by atoms with E-state index in [-0.39, 0.29) is 0 Å². The molecule has 20 heavy (non-hydrogen) atoms. The summed E-state index contributed by atoms with van der Waals surface area (Å²) in [5.41, 5.74) is 1.77. The van der Waals surface area contributed by atoms with E-state index in [0.717, 1.165) is 30.0 Å². The van der Waals surface area contributed by atoms with Gasteiger partial charge in [0.2, 0.25) is 0 Å². The second-order valence-corrected chi connectivity index (χ2v) is 4.97. The van der Waals surface area contributed by atoms with Crippen LogP contribution in [0.15, 0.2) is 24.4 Å². The normalized spacial score (nSPS) is 10.8. The first-order valence-electron chi connectivity index (χ1n) is 6.66. The first-order valence-corrected chi connectivity index (χ1v) is 7.04. The Kier molecular flexibility index (Phi) is 5.38. The molecule has 6 heteroatoms. The number of aryl methyl sites for hydroxylation is 1. The summed E-state index contributed by atoms with van der Waals surface area (Å²) in [6.45, 7) is 4.16. The second-order valence-electron chi connectivity index (χ2n) is 4.57. The highest BCUT2D eigenvalue weighted by molar-refractivity contribution is 6.31. The molecule has 0 atom stereocenters. The molecular formula is C14H19ClN4O. The summed E-state index contributed by atoms with van der Waals surface area (Å²) in [7, 11) is 1.83. The van der Waals surface area contributed by atoms with Crippen molar-refractivity contribution in [2.75, 3.05) is 6.54 Å². The Labute approximate surface area is 123 Å². The molecule has 0 aliphatic carbocycles. The van der Waals surface area contributed by atoms with Gasteiger partial charge in [0, 0.05) is 24.2 Å². The highest BCUT2D eigenvalue weighted by Crippen LogP contribution is 2.26. The second kappa shape index (κ2) is 7.26. The van der Waals surface area contributed by atoms with Gasteiger partial charge in [-0.3, -0.25) is 4.68 Å². The monoisotopic (exact) mass is 294 g/mol. The summed E-state index contributed by atoms with van der Waals surface area (Å²) >= 11 is 6.24. The van der Waals surface area contributed by atoms with Gasteiger partial charge < -0.3 is 10.1 Å². The standard InChI is InChI=1S/C14H19ClN4O/c1-3-7-16-8-12-13(15)5-4-6-14(12)20-10-11-9-19(2)18-17-11/h4-6,9,16H,3,7-8,10H2,1-2H3. The minimum atomic E-state index is 0.384. The predicted molar refractivity (Wildman–Crippen MR) is 78.8 cm³/mol. The van der Waals surface area contributed by atoms with E-state index in [1.807, 2.05) is 31.4 Å². The SMILES string of the molecule is CCCNCc1c(Cl)cccc1OCc1cn(C)nn1. The molecule has 0 aliphatic heterocycles. The van der Waals surface area contributed by atoms with Crippen molar-refractivity contribution in [1.29, 1.82) is 0 Å². The van der Waals surface area contributed by atoms with Crippen molar-refractivity contribution >= 4 is 11.6 Å². The molecular weight excluding hydrogens is 276 g/mol. The molecule has 0 saturated heterocycles. The number of aromatic nitrogens is 3. The molecule has 1 aromatic carbocycles. The maximum Gasteiger partial charge on any atom is 0.134 e. The quantitative estimate of drug-likeness (QED) is 0.797. The first kappa shape index (κ1) is 14.8. The third kappa shape index (κ3) is 3.95. The fraction of sp³-hybridized carbons (Fsp3) is 0.429. The average molecular weight is 295 g/mol. The number of rotatable bonds is 7. The molecule has 2 rings (SSSR count). The number of halogens is 1. The zero-order chi connectivity index (χ0) is 14.4. The van der Waals surface area contributed by atoms with Crippen molar-refractivity contribution in [2.45, 2.75) is 26.5 Å². The van der Waals surface area contributed by atoms with Crippen molar-refractivity contribution in [1.82, 2.24) is 20.3 Å². The van der Waals surface area contributed by atoms with Crippen LogP contribution < -0.4 is 10.1 Å². The van der Waals surface area contributed by atoms with Crippen LogP contribution in [0.5, 0.6) is 5.75 Å². The zero-order valence-corrected chi connectivity index (χ0v) is 12.5. The first-order chi connectivity index (χ1) is 9.70. The van der Waals surface area contributed by atoms with Gasteiger partial charge >= 0.3 is 0 Å². The number of ether oxygens (including phenoxy) is 1. The van der Waals surface area contributed by atoms with Gasteiger partial charge in [-0.25, -0.2) is 0 Å². The number of hydrogen-bond donors (Lipinski definition) is 1. The number of nitrogens with one attached hydrogen (secondary N) is 1. The van der Waals surface area contributed by atoms with E-state index in [1.165, 1.54) is 0 Å². The molecule has 0 amide bonds. The summed E-state index contributed by atoms with van der Waals surface area (Å²) in [5, 5.41) is 11.9. The molecule has 108 valence electrons. The average Bonchev–Trinajstić information content (AvgIpc) is 2.85. The highest BCUT2D eigenvalue weighted by atomic mass is 35.5. The smallest absolute Gasteiger partial charge is 0.134 e. The Hall–Kier alpha value is -1.59. The molecule has 0 aliphatic rings. The van der Waals surface area contributed by atoms with Crippen molar-refractivity contribution < 1.29 is 4.74 Å². The van der Waals surface area contributed by atoms with E-state index < -0.39 is 0 Å². The molecule has 0 saturated carbocycles. The maximum absolute atomic E-state index is 6.24. The molecule has 5 nitrogen and oxygen atoms in total. The van der Waals surface area contributed by atoms with Crippen LogP contribution in [-0.4, -0.2) is 21.5 Å². The van der Waals surface area contributed by atoms with E-state index >= 15 is 0 Å². The third-order valence-electron chi connectivity index (χ3n) is 2.83. The summed E-state index contributed by atoms with van der Waals surface area (Å²) in [5.74, 6) is 0.784. The van der Waals surface area contributed by atoms with Gasteiger partial charge in [0.05, 0.1) is 6.20 Å². The van der Waals surface area contributed by atoms with Crippen molar-refractivity contribution in [3.05, 3.63) is 40.7 Å². The van der Waals surface area contributed by atoms with Crippen molar-refractivity contribution in [2.24, 2.45) is 7.05 Å². The fourth-order valence-electron chi connectivity index (χ4n) is 1.85. The van der Waals surface area contributed by atoms with Crippen LogP contribution in [0.25, 0.3) is 0 Å². The van der Waals surface area contributed by atoms with Crippen LogP contribution in [0.1, 0.15) is 24.6 Å². The largest absolute Gasteiger partial charge is 0.487 e. The lowest BCUT2D eigenvalue weighted by Crippen LogP contribution is -2.15. The Morgan fingerprint density at radius 3 is 2.95 bits per heavy atom. The third-order valence-corrected chi connectivity index (χ3v) is 3.18. The van der Waals surface area contributed by atoms with Gasteiger partial charge in [-0.15, -0.1) is 5.10 Å². The molecule has 0 radical (unpaired) electrons. The molecule has 1 aromatic heterocycles. The predicted octanol–water partition coefficient (Wildman–Crippen LogP) is 2.55. The van der Waals surface area contributed by atoms with E-state index in [9.17, 15) is 0 Å².